The van der Waals surface area contributed by atoms with Crippen LogP contribution in [0, 0.1) is 6.92 Å². The van der Waals surface area contributed by atoms with Gasteiger partial charge in [0.05, 0.1) is 15.2 Å². The standard InChI is InChI=1S/C18H17ClN2OS2/c1-10(2)23-13-6-4-5-12(9-13)17(22)21-18-20-15-11(3)7-8-14(19)16(15)24-18/h4-10H,1-3H3,(H,20,21,22). The zero-order valence-electron chi connectivity index (χ0n) is 13.6. The molecule has 1 aromatic heterocycles. The van der Waals surface area contributed by atoms with E-state index >= 15 is 0 Å². The van der Waals surface area contributed by atoms with E-state index in [-0.39, 0.29) is 5.91 Å². The first kappa shape index (κ1) is 17.3. The van der Waals surface area contributed by atoms with Crippen LogP contribution in [0.5, 0.6) is 0 Å². The number of amides is 1. The number of rotatable bonds is 4. The van der Waals surface area contributed by atoms with Crippen LogP contribution in [0.25, 0.3) is 10.2 Å². The number of carbonyl (C=O) groups excluding carboxylic acids is 1. The number of fused-ring (bicyclic) bond motifs is 1. The second-order valence-electron chi connectivity index (χ2n) is 5.71. The molecule has 0 fully saturated rings. The van der Waals surface area contributed by atoms with Crippen LogP contribution in [0.1, 0.15) is 29.8 Å². The molecule has 3 aromatic rings. The predicted octanol–water partition coefficient (Wildman–Crippen LogP) is 6.01. The first-order valence-corrected chi connectivity index (χ1v) is 9.65. The van der Waals surface area contributed by atoms with E-state index in [4.69, 9.17) is 11.6 Å². The fourth-order valence-electron chi connectivity index (χ4n) is 2.31. The van der Waals surface area contributed by atoms with Gasteiger partial charge in [-0.1, -0.05) is 48.9 Å². The van der Waals surface area contributed by atoms with Crippen LogP contribution in [-0.2, 0) is 0 Å². The topological polar surface area (TPSA) is 42.0 Å². The van der Waals surface area contributed by atoms with Crippen molar-refractivity contribution in [2.24, 2.45) is 0 Å². The van der Waals surface area contributed by atoms with Gasteiger partial charge in [0.1, 0.15) is 0 Å². The largest absolute Gasteiger partial charge is 0.298 e. The van der Waals surface area contributed by atoms with Crippen molar-refractivity contribution >= 4 is 56.0 Å². The number of hydrogen-bond acceptors (Lipinski definition) is 4. The van der Waals surface area contributed by atoms with Gasteiger partial charge in [-0.2, -0.15) is 0 Å². The Kier molecular flexibility index (Phi) is 5.13. The van der Waals surface area contributed by atoms with Gasteiger partial charge in [0, 0.05) is 15.7 Å². The molecule has 0 aliphatic heterocycles. The van der Waals surface area contributed by atoms with Crippen molar-refractivity contribution in [2.45, 2.75) is 30.9 Å². The highest BCUT2D eigenvalue weighted by atomic mass is 35.5. The van der Waals surface area contributed by atoms with Crippen LogP contribution in [-0.4, -0.2) is 16.1 Å². The number of anilines is 1. The van der Waals surface area contributed by atoms with Crippen LogP contribution < -0.4 is 5.32 Å². The van der Waals surface area contributed by atoms with Crippen LogP contribution in [0.4, 0.5) is 5.13 Å². The van der Waals surface area contributed by atoms with Crippen molar-refractivity contribution < 1.29 is 4.79 Å². The summed E-state index contributed by atoms with van der Waals surface area (Å²) in [5, 5.41) is 4.57. The van der Waals surface area contributed by atoms with Gasteiger partial charge in [-0.3, -0.25) is 10.1 Å². The van der Waals surface area contributed by atoms with E-state index in [0.29, 0.717) is 21.0 Å². The maximum Gasteiger partial charge on any atom is 0.257 e. The zero-order chi connectivity index (χ0) is 17.3. The van der Waals surface area contributed by atoms with Gasteiger partial charge in [0.25, 0.3) is 5.91 Å². The zero-order valence-corrected chi connectivity index (χ0v) is 16.0. The third-order valence-electron chi connectivity index (χ3n) is 3.39. The van der Waals surface area contributed by atoms with Gasteiger partial charge in [-0.05, 0) is 36.8 Å². The highest BCUT2D eigenvalue weighted by molar-refractivity contribution is 7.99. The van der Waals surface area contributed by atoms with E-state index in [9.17, 15) is 4.79 Å². The molecule has 0 bridgehead atoms. The lowest BCUT2D eigenvalue weighted by Gasteiger charge is -2.07. The lowest BCUT2D eigenvalue weighted by molar-refractivity contribution is 0.102. The van der Waals surface area contributed by atoms with Crippen molar-refractivity contribution in [2.75, 3.05) is 5.32 Å². The molecule has 0 saturated carbocycles. The van der Waals surface area contributed by atoms with E-state index < -0.39 is 0 Å². The number of aryl methyl sites for hydroxylation is 1. The molecule has 1 amide bonds. The van der Waals surface area contributed by atoms with E-state index in [1.807, 2.05) is 43.3 Å². The number of hydrogen-bond donors (Lipinski definition) is 1. The van der Waals surface area contributed by atoms with Crippen LogP contribution in [0.2, 0.25) is 5.02 Å². The lowest BCUT2D eigenvalue weighted by Crippen LogP contribution is -2.11. The summed E-state index contributed by atoms with van der Waals surface area (Å²) in [4.78, 5) is 18.1. The SMILES string of the molecule is Cc1ccc(Cl)c2sc(NC(=O)c3cccc(SC(C)C)c3)nc12. The van der Waals surface area contributed by atoms with Crippen LogP contribution >= 0.6 is 34.7 Å². The molecule has 0 radical (unpaired) electrons. The van der Waals surface area contributed by atoms with Crippen molar-refractivity contribution in [3.63, 3.8) is 0 Å². The minimum atomic E-state index is -0.158. The van der Waals surface area contributed by atoms with E-state index in [0.717, 1.165) is 20.7 Å². The Hall–Kier alpha value is -1.56. The van der Waals surface area contributed by atoms with Gasteiger partial charge in [-0.15, -0.1) is 11.8 Å². The minimum Gasteiger partial charge on any atom is -0.298 e. The van der Waals surface area contributed by atoms with Crippen molar-refractivity contribution in [1.29, 1.82) is 0 Å². The number of carbonyl (C=O) groups is 1. The smallest absolute Gasteiger partial charge is 0.257 e. The Bertz CT molecular complexity index is 866. The number of nitrogens with one attached hydrogen (secondary N) is 1. The Morgan fingerprint density at radius 2 is 2.08 bits per heavy atom. The van der Waals surface area contributed by atoms with Crippen LogP contribution in [0.15, 0.2) is 41.3 Å². The monoisotopic (exact) mass is 376 g/mol. The quantitative estimate of drug-likeness (QED) is 0.567. The fraction of sp³-hybridized carbons (Fsp3) is 0.222. The molecule has 124 valence electrons. The maximum absolute atomic E-state index is 12.5. The summed E-state index contributed by atoms with van der Waals surface area (Å²) in [5.74, 6) is -0.158. The molecule has 24 heavy (non-hydrogen) atoms. The number of aromatic nitrogens is 1. The lowest BCUT2D eigenvalue weighted by atomic mass is 10.2. The van der Waals surface area contributed by atoms with Gasteiger partial charge in [-0.25, -0.2) is 4.98 Å². The minimum absolute atomic E-state index is 0.158. The molecular weight excluding hydrogens is 360 g/mol. The molecule has 6 heteroatoms. The molecule has 0 saturated heterocycles. The van der Waals surface area contributed by atoms with Crippen molar-refractivity contribution in [3.05, 3.63) is 52.5 Å². The summed E-state index contributed by atoms with van der Waals surface area (Å²) in [7, 11) is 0. The van der Waals surface area contributed by atoms with Gasteiger partial charge >= 0.3 is 0 Å². The molecule has 0 atom stereocenters. The molecule has 0 aliphatic rings. The maximum atomic E-state index is 12.5. The van der Waals surface area contributed by atoms with E-state index in [1.165, 1.54) is 11.3 Å². The summed E-state index contributed by atoms with van der Waals surface area (Å²) in [6, 6.07) is 11.4. The number of halogens is 1. The fourth-order valence-corrected chi connectivity index (χ4v) is 4.42. The number of thiazole rings is 1. The van der Waals surface area contributed by atoms with Gasteiger partial charge in [0.2, 0.25) is 0 Å². The Labute approximate surface area is 154 Å². The Morgan fingerprint density at radius 1 is 1.29 bits per heavy atom. The Morgan fingerprint density at radius 3 is 2.79 bits per heavy atom. The van der Waals surface area contributed by atoms with E-state index in [1.54, 1.807) is 11.8 Å². The number of benzene rings is 2. The molecule has 0 unspecified atom stereocenters. The third kappa shape index (κ3) is 3.74. The first-order chi connectivity index (χ1) is 11.4. The average molecular weight is 377 g/mol. The molecule has 1 N–H and O–H groups in total. The number of thioether (sulfide) groups is 1. The molecule has 3 rings (SSSR count). The Balaban J connectivity index is 1.85. The molecule has 1 heterocycles. The predicted molar refractivity (Wildman–Crippen MR) is 105 cm³/mol. The molecule has 0 aliphatic carbocycles. The summed E-state index contributed by atoms with van der Waals surface area (Å²) >= 11 is 9.35. The summed E-state index contributed by atoms with van der Waals surface area (Å²) in [6.45, 7) is 6.24. The third-order valence-corrected chi connectivity index (χ3v) is 5.81. The normalized spacial score (nSPS) is 11.2. The summed E-state index contributed by atoms with van der Waals surface area (Å²) < 4.78 is 0.899. The summed E-state index contributed by atoms with van der Waals surface area (Å²) in [5.41, 5.74) is 2.51. The second-order valence-corrected chi connectivity index (χ2v) is 8.77. The van der Waals surface area contributed by atoms with Crippen molar-refractivity contribution in [1.82, 2.24) is 4.98 Å². The highest BCUT2D eigenvalue weighted by Crippen LogP contribution is 2.34. The molecule has 2 aromatic carbocycles. The van der Waals surface area contributed by atoms with Gasteiger partial charge in [0.15, 0.2) is 5.13 Å². The first-order valence-electron chi connectivity index (χ1n) is 7.58. The second kappa shape index (κ2) is 7.13. The average Bonchev–Trinajstić information content (AvgIpc) is 2.96. The summed E-state index contributed by atoms with van der Waals surface area (Å²) in [6.07, 6.45) is 0. The van der Waals surface area contributed by atoms with Crippen molar-refractivity contribution in [3.8, 4) is 0 Å². The molecular formula is C18H17ClN2OS2. The number of nitrogens with zero attached hydrogens (tertiary/aromatic N) is 1. The molecule has 3 nitrogen and oxygen atoms in total. The van der Waals surface area contributed by atoms with Gasteiger partial charge < -0.3 is 0 Å². The van der Waals surface area contributed by atoms with Crippen LogP contribution in [0.3, 0.4) is 0 Å². The molecule has 0 spiro atoms. The van der Waals surface area contributed by atoms with E-state index in [2.05, 4.69) is 24.1 Å². The highest BCUT2D eigenvalue weighted by Gasteiger charge is 2.13.